The van der Waals surface area contributed by atoms with Gasteiger partial charge in [-0.15, -0.1) is 11.3 Å². The SMILES string of the molecule is COc1ccc(OC)c([C@@H](C)NC(=O)CN2CCC(c3nc4ccccc4s3)CC2)c1. The summed E-state index contributed by atoms with van der Waals surface area (Å²) in [4.78, 5) is 19.7. The molecule has 0 spiro atoms. The molecule has 3 aromatic rings. The van der Waals surface area contributed by atoms with Gasteiger partial charge in [0.15, 0.2) is 0 Å². The maximum absolute atomic E-state index is 12.7. The number of likely N-dealkylation sites (tertiary alicyclic amines) is 1. The molecule has 0 saturated carbocycles. The smallest absolute Gasteiger partial charge is 0.234 e. The van der Waals surface area contributed by atoms with Gasteiger partial charge in [0, 0.05) is 11.5 Å². The fourth-order valence-electron chi connectivity index (χ4n) is 4.15. The molecule has 1 fully saturated rings. The van der Waals surface area contributed by atoms with Crippen LogP contribution in [0.15, 0.2) is 42.5 Å². The zero-order valence-electron chi connectivity index (χ0n) is 18.3. The van der Waals surface area contributed by atoms with Crippen LogP contribution in [-0.4, -0.2) is 49.6 Å². The number of thiazole rings is 1. The highest BCUT2D eigenvalue weighted by atomic mass is 32.1. The van der Waals surface area contributed by atoms with E-state index in [0.717, 1.165) is 48.5 Å². The van der Waals surface area contributed by atoms with Crippen molar-refractivity contribution in [2.45, 2.75) is 31.7 Å². The number of piperidine rings is 1. The van der Waals surface area contributed by atoms with Crippen LogP contribution in [0.25, 0.3) is 10.2 Å². The van der Waals surface area contributed by atoms with Gasteiger partial charge < -0.3 is 14.8 Å². The van der Waals surface area contributed by atoms with E-state index in [-0.39, 0.29) is 11.9 Å². The highest BCUT2D eigenvalue weighted by molar-refractivity contribution is 7.18. The van der Waals surface area contributed by atoms with Gasteiger partial charge in [-0.3, -0.25) is 9.69 Å². The molecule has 1 N–H and O–H groups in total. The first-order valence-corrected chi connectivity index (χ1v) is 11.5. The number of amides is 1. The molecular formula is C24H29N3O3S. The van der Waals surface area contributed by atoms with Gasteiger partial charge in [0.05, 0.1) is 42.0 Å². The molecule has 6 nitrogen and oxygen atoms in total. The Kier molecular flexibility index (Phi) is 6.73. The van der Waals surface area contributed by atoms with Crippen LogP contribution in [0.3, 0.4) is 0 Å². The van der Waals surface area contributed by atoms with Crippen molar-refractivity contribution in [1.82, 2.24) is 15.2 Å². The average molecular weight is 440 g/mol. The van der Waals surface area contributed by atoms with E-state index in [1.807, 2.05) is 31.2 Å². The summed E-state index contributed by atoms with van der Waals surface area (Å²) in [6.45, 7) is 4.19. The van der Waals surface area contributed by atoms with Crippen LogP contribution in [-0.2, 0) is 4.79 Å². The molecule has 0 bridgehead atoms. The Hall–Kier alpha value is -2.64. The Balaban J connectivity index is 1.31. The first kappa shape index (κ1) is 21.6. The molecule has 0 radical (unpaired) electrons. The van der Waals surface area contributed by atoms with Crippen molar-refractivity contribution in [1.29, 1.82) is 0 Å². The monoisotopic (exact) mass is 439 g/mol. The summed E-state index contributed by atoms with van der Waals surface area (Å²) < 4.78 is 12.0. The number of aromatic nitrogens is 1. The zero-order chi connectivity index (χ0) is 21.8. The number of ether oxygens (including phenoxy) is 2. The van der Waals surface area contributed by atoms with Gasteiger partial charge in [-0.2, -0.15) is 0 Å². The van der Waals surface area contributed by atoms with E-state index in [0.29, 0.717) is 12.5 Å². The van der Waals surface area contributed by atoms with Gasteiger partial charge in [-0.05, 0) is 63.2 Å². The van der Waals surface area contributed by atoms with E-state index in [1.54, 1.807) is 25.6 Å². The Morgan fingerprint density at radius 1 is 1.19 bits per heavy atom. The molecule has 31 heavy (non-hydrogen) atoms. The standard InChI is InChI=1S/C24H29N3O3S/c1-16(19-14-18(29-2)8-9-21(19)30-3)25-23(28)15-27-12-10-17(11-13-27)24-26-20-6-4-5-7-22(20)31-24/h4-9,14,16-17H,10-13,15H2,1-3H3,(H,25,28)/t16-/m1/s1. The van der Waals surface area contributed by atoms with Crippen LogP contribution in [0, 0.1) is 0 Å². The minimum atomic E-state index is -0.169. The second-order valence-electron chi connectivity index (χ2n) is 7.97. The van der Waals surface area contributed by atoms with Crippen LogP contribution in [0.5, 0.6) is 11.5 Å². The van der Waals surface area contributed by atoms with Gasteiger partial charge in [0.2, 0.25) is 5.91 Å². The van der Waals surface area contributed by atoms with Gasteiger partial charge in [0.25, 0.3) is 0 Å². The quantitative estimate of drug-likeness (QED) is 0.592. The molecule has 1 atom stereocenters. The molecule has 0 unspecified atom stereocenters. The summed E-state index contributed by atoms with van der Waals surface area (Å²) in [6, 6.07) is 13.8. The molecule has 1 amide bonds. The summed E-state index contributed by atoms with van der Waals surface area (Å²) in [5, 5.41) is 4.33. The lowest BCUT2D eigenvalue weighted by molar-refractivity contribution is -0.123. The van der Waals surface area contributed by atoms with Crippen molar-refractivity contribution in [3.63, 3.8) is 0 Å². The number of rotatable bonds is 7. The summed E-state index contributed by atoms with van der Waals surface area (Å²) >= 11 is 1.80. The maximum atomic E-state index is 12.7. The summed E-state index contributed by atoms with van der Waals surface area (Å²) in [5.41, 5.74) is 2.00. The molecule has 2 aromatic carbocycles. The number of nitrogens with zero attached hydrogens (tertiary/aromatic N) is 2. The van der Waals surface area contributed by atoms with Crippen LogP contribution in [0.2, 0.25) is 0 Å². The van der Waals surface area contributed by atoms with Crippen molar-refractivity contribution in [2.24, 2.45) is 0 Å². The lowest BCUT2D eigenvalue weighted by atomic mass is 9.97. The Morgan fingerprint density at radius 3 is 2.68 bits per heavy atom. The van der Waals surface area contributed by atoms with Crippen LogP contribution in [0.1, 0.15) is 42.3 Å². The largest absolute Gasteiger partial charge is 0.497 e. The Labute approximate surface area is 187 Å². The van der Waals surface area contributed by atoms with Crippen LogP contribution >= 0.6 is 11.3 Å². The van der Waals surface area contributed by atoms with E-state index in [9.17, 15) is 4.79 Å². The molecule has 4 rings (SSSR count). The van der Waals surface area contributed by atoms with Crippen molar-refractivity contribution in [3.05, 3.63) is 53.0 Å². The fraction of sp³-hybridized carbons (Fsp3) is 0.417. The van der Waals surface area contributed by atoms with E-state index in [4.69, 9.17) is 14.5 Å². The van der Waals surface area contributed by atoms with E-state index in [1.165, 1.54) is 9.71 Å². The van der Waals surface area contributed by atoms with Crippen molar-refractivity contribution in [2.75, 3.05) is 33.9 Å². The third-order valence-corrected chi connectivity index (χ3v) is 7.09. The van der Waals surface area contributed by atoms with Crippen molar-refractivity contribution in [3.8, 4) is 11.5 Å². The van der Waals surface area contributed by atoms with E-state index < -0.39 is 0 Å². The first-order valence-electron chi connectivity index (χ1n) is 10.7. The second kappa shape index (κ2) is 9.66. The Bertz CT molecular complexity index is 1010. The predicted molar refractivity (Wildman–Crippen MR) is 124 cm³/mol. The maximum Gasteiger partial charge on any atom is 0.234 e. The van der Waals surface area contributed by atoms with Gasteiger partial charge >= 0.3 is 0 Å². The van der Waals surface area contributed by atoms with Crippen LogP contribution < -0.4 is 14.8 Å². The number of hydrogen-bond acceptors (Lipinski definition) is 6. The summed E-state index contributed by atoms with van der Waals surface area (Å²) in [5.74, 6) is 1.99. The Morgan fingerprint density at radius 2 is 1.97 bits per heavy atom. The van der Waals surface area contributed by atoms with Crippen LogP contribution in [0.4, 0.5) is 0 Å². The molecule has 7 heteroatoms. The number of fused-ring (bicyclic) bond motifs is 1. The lowest BCUT2D eigenvalue weighted by Gasteiger charge is -2.30. The number of nitrogens with one attached hydrogen (secondary N) is 1. The molecule has 1 aromatic heterocycles. The first-order chi connectivity index (χ1) is 15.1. The van der Waals surface area contributed by atoms with E-state index >= 15 is 0 Å². The zero-order valence-corrected chi connectivity index (χ0v) is 19.1. The second-order valence-corrected chi connectivity index (χ2v) is 9.03. The molecule has 0 aliphatic carbocycles. The number of methoxy groups -OCH3 is 2. The third kappa shape index (κ3) is 4.99. The molecule has 164 valence electrons. The molecule has 1 aliphatic rings. The lowest BCUT2D eigenvalue weighted by Crippen LogP contribution is -2.41. The number of benzene rings is 2. The predicted octanol–water partition coefficient (Wildman–Crippen LogP) is 4.37. The highest BCUT2D eigenvalue weighted by Crippen LogP contribution is 2.34. The molecule has 2 heterocycles. The fourth-order valence-corrected chi connectivity index (χ4v) is 5.28. The summed E-state index contributed by atoms with van der Waals surface area (Å²) in [6.07, 6.45) is 2.07. The third-order valence-electron chi connectivity index (χ3n) is 5.90. The number of carbonyl (C=O) groups excluding carboxylic acids is 1. The normalized spacial score (nSPS) is 16.2. The van der Waals surface area contributed by atoms with Crippen molar-refractivity contribution < 1.29 is 14.3 Å². The number of carbonyl (C=O) groups is 1. The number of hydrogen-bond donors (Lipinski definition) is 1. The number of para-hydroxylation sites is 1. The average Bonchev–Trinajstić information content (AvgIpc) is 3.23. The van der Waals surface area contributed by atoms with Gasteiger partial charge in [-0.1, -0.05) is 12.1 Å². The minimum Gasteiger partial charge on any atom is -0.497 e. The molecular weight excluding hydrogens is 410 g/mol. The van der Waals surface area contributed by atoms with Gasteiger partial charge in [-0.25, -0.2) is 4.98 Å². The van der Waals surface area contributed by atoms with E-state index in [2.05, 4.69) is 28.4 Å². The minimum absolute atomic E-state index is 0.0239. The van der Waals surface area contributed by atoms with Gasteiger partial charge in [0.1, 0.15) is 11.5 Å². The highest BCUT2D eigenvalue weighted by Gasteiger charge is 2.25. The topological polar surface area (TPSA) is 63.7 Å². The molecule has 1 saturated heterocycles. The summed E-state index contributed by atoms with van der Waals surface area (Å²) in [7, 11) is 3.27. The van der Waals surface area contributed by atoms with Crippen molar-refractivity contribution >= 4 is 27.5 Å². The molecule has 1 aliphatic heterocycles.